The third kappa shape index (κ3) is 4.43. The van der Waals surface area contributed by atoms with Gasteiger partial charge in [0.2, 0.25) is 0 Å². The van der Waals surface area contributed by atoms with Gasteiger partial charge in [0.15, 0.2) is 0 Å². The molecule has 2 fully saturated rings. The predicted octanol–water partition coefficient (Wildman–Crippen LogP) is 3.95. The number of hydrogen-bond acceptors (Lipinski definition) is 5. The van der Waals surface area contributed by atoms with Gasteiger partial charge in [-0.2, -0.15) is 5.26 Å². The summed E-state index contributed by atoms with van der Waals surface area (Å²) in [5.74, 6) is 1.59. The fourth-order valence-corrected chi connectivity index (χ4v) is 4.97. The van der Waals surface area contributed by atoms with Crippen molar-refractivity contribution in [3.8, 4) is 6.07 Å². The van der Waals surface area contributed by atoms with Crippen LogP contribution < -0.4 is 10.2 Å². The lowest BCUT2D eigenvalue weighted by Gasteiger charge is -2.44. The van der Waals surface area contributed by atoms with E-state index in [4.69, 9.17) is 9.72 Å². The average Bonchev–Trinajstić information content (AvgIpc) is 3.56. The van der Waals surface area contributed by atoms with E-state index >= 15 is 0 Å². The van der Waals surface area contributed by atoms with Gasteiger partial charge in [-0.1, -0.05) is 13.8 Å². The van der Waals surface area contributed by atoms with Crippen molar-refractivity contribution in [2.45, 2.75) is 91.0 Å². The molecule has 2 aliphatic heterocycles. The minimum Gasteiger partial charge on any atom is -0.370 e. The van der Waals surface area contributed by atoms with E-state index in [0.29, 0.717) is 43.6 Å². The van der Waals surface area contributed by atoms with E-state index in [1.54, 1.807) is 0 Å². The monoisotopic (exact) mass is 439 g/mol. The highest BCUT2D eigenvalue weighted by molar-refractivity contribution is 5.75. The first kappa shape index (κ1) is 22.8. The van der Waals surface area contributed by atoms with E-state index in [0.717, 1.165) is 41.9 Å². The number of nitriles is 1. The van der Waals surface area contributed by atoms with Gasteiger partial charge in [0.1, 0.15) is 11.9 Å². The van der Waals surface area contributed by atoms with E-state index in [1.807, 2.05) is 18.7 Å². The maximum Gasteiger partial charge on any atom is 0.317 e. The molecule has 0 unspecified atom stereocenters. The number of anilines is 1. The first-order valence-corrected chi connectivity index (χ1v) is 12.0. The molecule has 3 heterocycles. The Morgan fingerprint density at radius 3 is 2.53 bits per heavy atom. The lowest BCUT2D eigenvalue weighted by atomic mass is 9.87. The minimum atomic E-state index is -0.286. The number of aromatic nitrogens is 1. The Bertz CT molecular complexity index is 929. The summed E-state index contributed by atoms with van der Waals surface area (Å²) in [4.78, 5) is 22.1. The summed E-state index contributed by atoms with van der Waals surface area (Å²) >= 11 is 0. The van der Waals surface area contributed by atoms with Crippen molar-refractivity contribution in [3.05, 3.63) is 22.4 Å². The normalized spacial score (nSPS) is 22.7. The zero-order chi connectivity index (χ0) is 23.2. The summed E-state index contributed by atoms with van der Waals surface area (Å²) < 4.78 is 6.10. The van der Waals surface area contributed by atoms with Gasteiger partial charge in [-0.05, 0) is 52.0 Å². The first-order valence-electron chi connectivity index (χ1n) is 12.0. The maximum absolute atomic E-state index is 12.8. The van der Waals surface area contributed by atoms with Gasteiger partial charge < -0.3 is 19.9 Å². The summed E-state index contributed by atoms with van der Waals surface area (Å²) in [5, 5.41) is 13.2. The van der Waals surface area contributed by atoms with Gasteiger partial charge >= 0.3 is 6.03 Å². The summed E-state index contributed by atoms with van der Waals surface area (Å²) in [6.07, 6.45) is 3.04. The molecule has 0 spiro atoms. The third-order valence-electron chi connectivity index (χ3n) is 6.87. The van der Waals surface area contributed by atoms with Gasteiger partial charge in [-0.3, -0.25) is 0 Å². The molecule has 0 bridgehead atoms. The molecule has 2 amide bonds. The van der Waals surface area contributed by atoms with Gasteiger partial charge in [-0.15, -0.1) is 0 Å². The molecule has 1 aromatic rings. The molecule has 1 atom stereocenters. The molecule has 1 aliphatic carbocycles. The van der Waals surface area contributed by atoms with E-state index in [-0.39, 0.29) is 23.7 Å². The molecule has 7 heteroatoms. The lowest BCUT2D eigenvalue weighted by Crippen LogP contribution is -2.60. The minimum absolute atomic E-state index is 0.00479. The molecule has 7 nitrogen and oxygen atoms in total. The Hall–Kier alpha value is -2.33. The summed E-state index contributed by atoms with van der Waals surface area (Å²) in [5.41, 5.74) is 3.81. The van der Waals surface area contributed by atoms with Crippen LogP contribution in [0.3, 0.4) is 0 Å². The highest BCUT2D eigenvalue weighted by Gasteiger charge is 2.39. The van der Waals surface area contributed by atoms with Crippen molar-refractivity contribution in [1.82, 2.24) is 15.2 Å². The van der Waals surface area contributed by atoms with Crippen molar-refractivity contribution in [1.29, 1.82) is 5.26 Å². The number of ether oxygens (including phenoxy) is 1. The zero-order valence-electron chi connectivity index (χ0n) is 20.4. The fraction of sp³-hybridized carbons (Fsp3) is 0.720. The second-order valence-corrected chi connectivity index (χ2v) is 10.8. The lowest BCUT2D eigenvalue weighted by molar-refractivity contribution is -0.0407. The molecule has 4 rings (SSSR count). The van der Waals surface area contributed by atoms with E-state index in [2.05, 4.69) is 44.0 Å². The Morgan fingerprint density at radius 1 is 1.22 bits per heavy atom. The summed E-state index contributed by atoms with van der Waals surface area (Å²) in [6, 6.07) is 2.66. The summed E-state index contributed by atoms with van der Waals surface area (Å²) in [7, 11) is 0. The molecule has 1 saturated heterocycles. The zero-order valence-corrected chi connectivity index (χ0v) is 20.4. The summed E-state index contributed by atoms with van der Waals surface area (Å²) in [6.45, 7) is 15.0. The van der Waals surface area contributed by atoms with Crippen LogP contribution in [0, 0.1) is 17.2 Å². The van der Waals surface area contributed by atoms with Crippen molar-refractivity contribution in [2.75, 3.05) is 24.5 Å². The molecular weight excluding hydrogens is 402 g/mol. The Kier molecular flexibility index (Phi) is 6.10. The largest absolute Gasteiger partial charge is 0.370 e. The van der Waals surface area contributed by atoms with E-state index in [1.165, 1.54) is 0 Å². The number of nitrogens with one attached hydrogen (secondary N) is 1. The van der Waals surface area contributed by atoms with Gasteiger partial charge in [0.25, 0.3) is 0 Å². The molecule has 1 saturated carbocycles. The van der Waals surface area contributed by atoms with Crippen LogP contribution in [0.2, 0.25) is 0 Å². The SMILES string of the molecule is CC(C)NC(=O)N1CCN(c2nc(C3CC3)c3c(c2C#N)CC(C)(C)OC3)C[C@H]1C(C)C. The number of amides is 2. The van der Waals surface area contributed by atoms with Crippen LogP contribution in [0.4, 0.5) is 10.6 Å². The number of urea groups is 1. The Balaban J connectivity index is 1.70. The molecular formula is C25H37N5O2. The van der Waals surface area contributed by atoms with Crippen LogP contribution in [0.25, 0.3) is 0 Å². The van der Waals surface area contributed by atoms with Crippen molar-refractivity contribution in [2.24, 2.45) is 5.92 Å². The van der Waals surface area contributed by atoms with Crippen molar-refractivity contribution >= 4 is 11.8 Å². The Labute approximate surface area is 192 Å². The number of pyridine rings is 1. The molecule has 32 heavy (non-hydrogen) atoms. The fourth-order valence-electron chi connectivity index (χ4n) is 4.97. The second-order valence-electron chi connectivity index (χ2n) is 10.8. The van der Waals surface area contributed by atoms with Crippen LogP contribution in [-0.4, -0.2) is 53.2 Å². The van der Waals surface area contributed by atoms with Gasteiger partial charge in [-0.25, -0.2) is 9.78 Å². The average molecular weight is 440 g/mol. The number of hydrogen-bond donors (Lipinski definition) is 1. The highest BCUT2D eigenvalue weighted by Crippen LogP contribution is 2.45. The highest BCUT2D eigenvalue weighted by atomic mass is 16.5. The van der Waals surface area contributed by atoms with Gasteiger partial charge in [0.05, 0.1) is 29.5 Å². The second kappa shape index (κ2) is 8.55. The van der Waals surface area contributed by atoms with E-state index < -0.39 is 0 Å². The van der Waals surface area contributed by atoms with Gasteiger partial charge in [0, 0.05) is 43.6 Å². The van der Waals surface area contributed by atoms with Crippen molar-refractivity contribution in [3.63, 3.8) is 0 Å². The van der Waals surface area contributed by atoms with Crippen LogP contribution in [0.5, 0.6) is 0 Å². The number of fused-ring (bicyclic) bond motifs is 1. The smallest absolute Gasteiger partial charge is 0.317 e. The molecule has 3 aliphatic rings. The first-order chi connectivity index (χ1) is 15.1. The predicted molar refractivity (Wildman–Crippen MR) is 125 cm³/mol. The number of piperazine rings is 1. The number of nitrogens with zero attached hydrogens (tertiary/aromatic N) is 4. The Morgan fingerprint density at radius 2 is 1.94 bits per heavy atom. The molecule has 174 valence electrons. The van der Waals surface area contributed by atoms with Crippen LogP contribution in [0.15, 0.2) is 0 Å². The molecule has 0 aromatic carbocycles. The molecule has 0 radical (unpaired) electrons. The van der Waals surface area contributed by atoms with Crippen LogP contribution in [-0.2, 0) is 17.8 Å². The maximum atomic E-state index is 12.8. The quantitative estimate of drug-likeness (QED) is 0.768. The topological polar surface area (TPSA) is 81.5 Å². The standard InChI is InChI=1S/C25H37N5O2/c1-15(2)21-13-29(9-10-30(21)24(31)27-16(3)4)23-19(12-26)18-11-25(5,6)32-14-20(18)22(28-23)17-7-8-17/h15-17,21H,7-11,13-14H2,1-6H3,(H,27,31)/t21-/m0/s1. The molecule has 1 aromatic heterocycles. The van der Waals surface area contributed by atoms with Crippen molar-refractivity contribution < 1.29 is 9.53 Å². The molecule has 1 N–H and O–H groups in total. The number of rotatable bonds is 4. The third-order valence-corrected chi connectivity index (χ3v) is 6.87. The number of carbonyl (C=O) groups excluding carboxylic acids is 1. The van der Waals surface area contributed by atoms with E-state index in [9.17, 15) is 10.1 Å². The van der Waals surface area contributed by atoms with Crippen LogP contribution in [0.1, 0.15) is 82.7 Å². The van der Waals surface area contributed by atoms with Crippen LogP contribution >= 0.6 is 0 Å². The number of carbonyl (C=O) groups is 1.